The second kappa shape index (κ2) is 6.27. The van der Waals surface area contributed by atoms with Gasteiger partial charge in [0, 0.05) is 17.3 Å². The van der Waals surface area contributed by atoms with Crippen molar-refractivity contribution >= 4 is 27.2 Å². The molecule has 0 spiro atoms. The lowest BCUT2D eigenvalue weighted by atomic mass is 10.4. The van der Waals surface area contributed by atoms with Gasteiger partial charge in [0.2, 0.25) is 10.0 Å². The molecule has 9 heteroatoms. The van der Waals surface area contributed by atoms with E-state index in [0.717, 1.165) is 16.3 Å². The highest BCUT2D eigenvalue weighted by Crippen LogP contribution is 2.18. The van der Waals surface area contributed by atoms with Gasteiger partial charge in [0.05, 0.1) is 6.54 Å². The van der Waals surface area contributed by atoms with Crippen LogP contribution in [0.4, 0.5) is 5.82 Å². The van der Waals surface area contributed by atoms with E-state index in [1.807, 2.05) is 6.92 Å². The Labute approximate surface area is 121 Å². The van der Waals surface area contributed by atoms with Crippen LogP contribution in [0.2, 0.25) is 0 Å². The molecule has 0 aliphatic carbocycles. The maximum absolute atomic E-state index is 12.2. The molecule has 0 fully saturated rings. The molecular weight excluding hydrogens is 298 g/mol. The van der Waals surface area contributed by atoms with E-state index in [4.69, 9.17) is 5.84 Å². The van der Waals surface area contributed by atoms with Gasteiger partial charge in [0.15, 0.2) is 5.82 Å². The third kappa shape index (κ3) is 3.31. The van der Waals surface area contributed by atoms with Crippen molar-refractivity contribution in [3.63, 3.8) is 0 Å². The van der Waals surface area contributed by atoms with E-state index in [-0.39, 0.29) is 17.3 Å². The van der Waals surface area contributed by atoms with Crippen molar-refractivity contribution in [1.82, 2.24) is 14.7 Å². The molecule has 0 atom stereocenters. The minimum Gasteiger partial charge on any atom is -0.307 e. The molecule has 0 radical (unpaired) electrons. The lowest BCUT2D eigenvalue weighted by Crippen LogP contribution is -2.25. The van der Waals surface area contributed by atoms with Crippen molar-refractivity contribution in [1.29, 1.82) is 0 Å². The quantitative estimate of drug-likeness (QED) is 0.539. The Hall–Kier alpha value is -1.55. The van der Waals surface area contributed by atoms with Gasteiger partial charge in [0.1, 0.15) is 9.90 Å². The van der Waals surface area contributed by atoms with Gasteiger partial charge in [-0.3, -0.25) is 0 Å². The molecule has 2 heterocycles. The summed E-state index contributed by atoms with van der Waals surface area (Å²) in [6.45, 7) is 2.17. The molecule has 0 aliphatic heterocycles. The average molecular weight is 313 g/mol. The van der Waals surface area contributed by atoms with Gasteiger partial charge in [-0.15, -0.1) is 11.3 Å². The molecule has 2 rings (SSSR count). The Morgan fingerprint density at radius 3 is 2.85 bits per heavy atom. The number of hydrazine groups is 1. The van der Waals surface area contributed by atoms with Crippen LogP contribution in [0.1, 0.15) is 16.8 Å². The number of aryl methyl sites for hydroxylation is 1. The van der Waals surface area contributed by atoms with Crippen molar-refractivity contribution in [2.75, 3.05) is 5.43 Å². The number of sulfonamides is 1. The zero-order valence-electron chi connectivity index (χ0n) is 10.8. The van der Waals surface area contributed by atoms with Crippen LogP contribution in [0, 0.1) is 0 Å². The largest absolute Gasteiger partial charge is 0.307 e. The number of anilines is 1. The number of nitrogens with one attached hydrogen (secondary N) is 2. The lowest BCUT2D eigenvalue weighted by Gasteiger charge is -2.08. The van der Waals surface area contributed by atoms with E-state index < -0.39 is 10.0 Å². The SMILES string of the molecule is CCc1cnc(CNS(=O)(=O)c2cccnc2NN)s1. The number of rotatable bonds is 6. The summed E-state index contributed by atoms with van der Waals surface area (Å²) in [5.41, 5.74) is 2.27. The molecule has 0 amide bonds. The summed E-state index contributed by atoms with van der Waals surface area (Å²) in [5.74, 6) is 5.37. The smallest absolute Gasteiger partial charge is 0.244 e. The number of nitrogens with two attached hydrogens (primary N) is 1. The summed E-state index contributed by atoms with van der Waals surface area (Å²) >= 11 is 1.48. The lowest BCUT2D eigenvalue weighted by molar-refractivity contribution is 0.581. The van der Waals surface area contributed by atoms with E-state index in [9.17, 15) is 8.42 Å². The second-order valence-corrected chi connectivity index (χ2v) is 6.83. The van der Waals surface area contributed by atoms with E-state index in [1.54, 1.807) is 6.20 Å². The van der Waals surface area contributed by atoms with Crippen LogP contribution in [0.3, 0.4) is 0 Å². The van der Waals surface area contributed by atoms with Crippen molar-refractivity contribution in [2.24, 2.45) is 5.84 Å². The van der Waals surface area contributed by atoms with Gasteiger partial charge in [-0.05, 0) is 18.6 Å². The maximum atomic E-state index is 12.2. The van der Waals surface area contributed by atoms with Gasteiger partial charge in [-0.25, -0.2) is 29.0 Å². The predicted molar refractivity (Wildman–Crippen MR) is 77.6 cm³/mol. The fourth-order valence-corrected chi connectivity index (χ4v) is 3.54. The number of nitrogen functional groups attached to an aromatic ring is 1. The minimum absolute atomic E-state index is 0.00905. The second-order valence-electron chi connectivity index (χ2n) is 3.89. The number of hydrogen-bond donors (Lipinski definition) is 3. The van der Waals surface area contributed by atoms with Crippen LogP contribution in [-0.2, 0) is 23.0 Å². The molecule has 0 saturated heterocycles. The molecule has 0 saturated carbocycles. The topological polar surface area (TPSA) is 110 Å². The number of thiazole rings is 1. The highest BCUT2D eigenvalue weighted by molar-refractivity contribution is 7.89. The summed E-state index contributed by atoms with van der Waals surface area (Å²) in [6.07, 6.45) is 4.10. The van der Waals surface area contributed by atoms with Gasteiger partial charge in [-0.1, -0.05) is 6.92 Å². The Bertz CT molecular complexity index is 684. The molecule has 0 unspecified atom stereocenters. The van der Waals surface area contributed by atoms with Crippen LogP contribution in [-0.4, -0.2) is 18.4 Å². The highest BCUT2D eigenvalue weighted by Gasteiger charge is 2.19. The summed E-state index contributed by atoms with van der Waals surface area (Å²) in [6, 6.07) is 2.97. The zero-order chi connectivity index (χ0) is 14.6. The molecule has 4 N–H and O–H groups in total. The molecule has 108 valence electrons. The molecular formula is C11H15N5O2S2. The molecule has 0 bridgehead atoms. The van der Waals surface area contributed by atoms with Gasteiger partial charge < -0.3 is 5.43 Å². The van der Waals surface area contributed by atoms with Gasteiger partial charge in [-0.2, -0.15) is 0 Å². The molecule has 0 aliphatic rings. The standard InChI is InChI=1S/C11H15N5O2S2/c1-2-8-6-14-10(19-8)7-15-20(17,18)9-4-3-5-13-11(9)16-12/h3-6,15H,2,7,12H2,1H3,(H,13,16). The van der Waals surface area contributed by atoms with Crippen LogP contribution < -0.4 is 16.0 Å². The number of hydrogen-bond acceptors (Lipinski definition) is 7. The van der Waals surface area contributed by atoms with Crippen LogP contribution in [0.25, 0.3) is 0 Å². The average Bonchev–Trinajstić information content (AvgIpc) is 2.93. The molecule has 7 nitrogen and oxygen atoms in total. The van der Waals surface area contributed by atoms with Crippen molar-refractivity contribution in [3.8, 4) is 0 Å². The van der Waals surface area contributed by atoms with Crippen molar-refractivity contribution < 1.29 is 8.42 Å². The normalized spacial score (nSPS) is 11.5. The first-order valence-corrected chi connectivity index (χ1v) is 8.21. The van der Waals surface area contributed by atoms with Crippen LogP contribution in [0.15, 0.2) is 29.4 Å². The first kappa shape index (κ1) is 14.9. The Morgan fingerprint density at radius 2 is 2.20 bits per heavy atom. The van der Waals surface area contributed by atoms with Crippen molar-refractivity contribution in [2.45, 2.75) is 24.8 Å². The highest BCUT2D eigenvalue weighted by atomic mass is 32.2. The first-order chi connectivity index (χ1) is 9.56. The number of aromatic nitrogens is 2. The Balaban J connectivity index is 2.15. The summed E-state index contributed by atoms with van der Waals surface area (Å²) in [4.78, 5) is 9.15. The monoisotopic (exact) mass is 313 g/mol. The fourth-order valence-electron chi connectivity index (χ4n) is 1.54. The molecule has 2 aromatic rings. The maximum Gasteiger partial charge on any atom is 0.244 e. The fraction of sp³-hybridized carbons (Fsp3) is 0.273. The summed E-state index contributed by atoms with van der Waals surface area (Å²) < 4.78 is 26.9. The summed E-state index contributed by atoms with van der Waals surface area (Å²) in [5, 5.41) is 0.719. The molecule has 2 aromatic heterocycles. The van der Waals surface area contributed by atoms with Crippen LogP contribution in [0.5, 0.6) is 0 Å². The molecule has 0 aromatic carbocycles. The number of nitrogens with zero attached hydrogens (tertiary/aromatic N) is 2. The molecule has 20 heavy (non-hydrogen) atoms. The number of pyridine rings is 1. The van der Waals surface area contributed by atoms with Crippen LogP contribution >= 0.6 is 11.3 Å². The summed E-state index contributed by atoms with van der Waals surface area (Å²) in [7, 11) is -3.69. The minimum atomic E-state index is -3.69. The third-order valence-electron chi connectivity index (χ3n) is 2.56. The van der Waals surface area contributed by atoms with E-state index in [2.05, 4.69) is 20.1 Å². The predicted octanol–water partition coefficient (Wildman–Crippen LogP) is 0.865. The van der Waals surface area contributed by atoms with E-state index in [0.29, 0.717) is 0 Å². The Kier molecular flexibility index (Phi) is 4.65. The van der Waals surface area contributed by atoms with Crippen molar-refractivity contribution in [3.05, 3.63) is 34.4 Å². The third-order valence-corrected chi connectivity index (χ3v) is 5.13. The van der Waals surface area contributed by atoms with E-state index >= 15 is 0 Å². The van der Waals surface area contributed by atoms with Gasteiger partial charge >= 0.3 is 0 Å². The zero-order valence-corrected chi connectivity index (χ0v) is 12.5. The van der Waals surface area contributed by atoms with Gasteiger partial charge in [0.25, 0.3) is 0 Å². The first-order valence-electron chi connectivity index (χ1n) is 5.91. The van der Waals surface area contributed by atoms with E-state index in [1.165, 1.54) is 29.7 Å². The Morgan fingerprint density at radius 1 is 1.40 bits per heavy atom.